The normalized spacial score (nSPS) is 16.0. The van der Waals surface area contributed by atoms with Gasteiger partial charge < -0.3 is 10.3 Å². The predicted octanol–water partition coefficient (Wildman–Crippen LogP) is 2.19. The highest BCUT2D eigenvalue weighted by atomic mass is 16.2. The Morgan fingerprint density at radius 3 is 2.65 bits per heavy atom. The maximum absolute atomic E-state index is 12.6. The van der Waals surface area contributed by atoms with Crippen LogP contribution in [-0.2, 0) is 0 Å². The zero-order valence-electron chi connectivity index (χ0n) is 14.5. The van der Waals surface area contributed by atoms with Crippen LogP contribution in [0, 0.1) is 0 Å². The number of likely N-dealkylation sites (tertiary alicyclic amines) is 1. The summed E-state index contributed by atoms with van der Waals surface area (Å²) < 4.78 is 1.48. The summed E-state index contributed by atoms with van der Waals surface area (Å²) in [5.74, 6) is -0.258. The predicted molar refractivity (Wildman–Crippen MR) is 100 cm³/mol. The molecule has 0 radical (unpaired) electrons. The summed E-state index contributed by atoms with van der Waals surface area (Å²) in [5.41, 5.74) is 1.88. The number of carbonyl (C=O) groups is 1. The second-order valence-electron chi connectivity index (χ2n) is 6.67. The highest BCUT2D eigenvalue weighted by Crippen LogP contribution is 2.24. The minimum Gasteiger partial charge on any atom is -0.349 e. The molecule has 3 heterocycles. The van der Waals surface area contributed by atoms with Crippen LogP contribution >= 0.6 is 0 Å². The van der Waals surface area contributed by atoms with Gasteiger partial charge in [-0.2, -0.15) is 0 Å². The number of benzene rings is 1. The molecule has 1 amide bonds. The minimum absolute atomic E-state index is 0.145. The molecular formula is C20H22N4O2. The van der Waals surface area contributed by atoms with E-state index in [9.17, 15) is 9.59 Å². The number of amides is 1. The maximum Gasteiger partial charge on any atom is 0.330 e. The lowest BCUT2D eigenvalue weighted by Crippen LogP contribution is -2.37. The average Bonchev–Trinajstić information content (AvgIpc) is 3.34. The van der Waals surface area contributed by atoms with Gasteiger partial charge in [-0.1, -0.05) is 30.3 Å². The van der Waals surface area contributed by atoms with E-state index in [1.54, 1.807) is 18.3 Å². The van der Waals surface area contributed by atoms with Gasteiger partial charge in [0, 0.05) is 12.7 Å². The monoisotopic (exact) mass is 350 g/mol. The van der Waals surface area contributed by atoms with Crippen molar-refractivity contribution in [1.82, 2.24) is 19.6 Å². The molecule has 0 bridgehead atoms. The third-order valence-corrected chi connectivity index (χ3v) is 5.00. The number of nitrogens with zero attached hydrogens (tertiary/aromatic N) is 2. The van der Waals surface area contributed by atoms with Gasteiger partial charge in [0.15, 0.2) is 0 Å². The van der Waals surface area contributed by atoms with E-state index in [4.69, 9.17) is 0 Å². The molecular weight excluding hydrogens is 328 g/mol. The molecule has 0 spiro atoms. The van der Waals surface area contributed by atoms with Crippen molar-refractivity contribution in [2.24, 2.45) is 0 Å². The Labute approximate surface area is 151 Å². The summed E-state index contributed by atoms with van der Waals surface area (Å²) in [6, 6.07) is 15.7. The van der Waals surface area contributed by atoms with Crippen LogP contribution in [0.5, 0.6) is 0 Å². The largest absolute Gasteiger partial charge is 0.349 e. The quantitative estimate of drug-likeness (QED) is 0.741. The summed E-state index contributed by atoms with van der Waals surface area (Å²) in [6.07, 6.45) is 4.06. The zero-order valence-corrected chi connectivity index (χ0v) is 14.5. The number of hydrogen-bond acceptors (Lipinski definition) is 3. The van der Waals surface area contributed by atoms with Gasteiger partial charge in [0.2, 0.25) is 0 Å². The van der Waals surface area contributed by atoms with Gasteiger partial charge in [0.05, 0.1) is 11.6 Å². The lowest BCUT2D eigenvalue weighted by molar-refractivity contribution is 0.0932. The molecule has 1 saturated heterocycles. The highest BCUT2D eigenvalue weighted by molar-refractivity contribution is 5.93. The molecule has 1 unspecified atom stereocenters. The third-order valence-electron chi connectivity index (χ3n) is 5.00. The number of aromatic amines is 1. The first-order valence-corrected chi connectivity index (χ1v) is 9.00. The van der Waals surface area contributed by atoms with E-state index in [0.717, 1.165) is 13.1 Å². The van der Waals surface area contributed by atoms with Crippen LogP contribution in [0.1, 0.15) is 34.9 Å². The highest BCUT2D eigenvalue weighted by Gasteiger charge is 2.24. The molecule has 3 aromatic rings. The first kappa shape index (κ1) is 16.6. The second kappa shape index (κ2) is 7.17. The van der Waals surface area contributed by atoms with Gasteiger partial charge >= 0.3 is 5.69 Å². The summed E-state index contributed by atoms with van der Waals surface area (Å²) in [7, 11) is 0. The molecule has 0 saturated carbocycles. The number of H-pyrrole nitrogens is 1. The Morgan fingerprint density at radius 2 is 1.88 bits per heavy atom. The molecule has 4 rings (SSSR count). The molecule has 6 heteroatoms. The van der Waals surface area contributed by atoms with E-state index in [0.29, 0.717) is 12.1 Å². The van der Waals surface area contributed by atoms with Crippen LogP contribution in [0.4, 0.5) is 0 Å². The summed E-state index contributed by atoms with van der Waals surface area (Å²) in [5, 5.41) is 3.00. The average molecular weight is 350 g/mol. The number of hydrogen-bond donors (Lipinski definition) is 2. The van der Waals surface area contributed by atoms with Crippen LogP contribution < -0.4 is 11.0 Å². The second-order valence-corrected chi connectivity index (χ2v) is 6.67. The molecule has 2 N–H and O–H groups in total. The first-order chi connectivity index (χ1) is 12.7. The van der Waals surface area contributed by atoms with Crippen molar-refractivity contribution in [3.05, 3.63) is 76.5 Å². The standard InChI is InChI=1S/C20H22N4O2/c25-19(17-13-16-9-6-12-24(16)20(26)22-17)21-14-18(23-10-4-5-11-23)15-7-2-1-3-8-15/h1-3,6-9,12-13,18H,4-5,10-11,14H2,(H,21,25)(H,22,26). The van der Waals surface area contributed by atoms with Crippen molar-refractivity contribution in [2.45, 2.75) is 18.9 Å². The van der Waals surface area contributed by atoms with Crippen LogP contribution in [0.15, 0.2) is 59.5 Å². The summed E-state index contributed by atoms with van der Waals surface area (Å²) >= 11 is 0. The fourth-order valence-electron chi connectivity index (χ4n) is 3.65. The molecule has 1 atom stereocenters. The van der Waals surface area contributed by atoms with Gasteiger partial charge in [-0.15, -0.1) is 0 Å². The maximum atomic E-state index is 12.6. The first-order valence-electron chi connectivity index (χ1n) is 9.00. The Kier molecular flexibility index (Phi) is 4.58. The lowest BCUT2D eigenvalue weighted by atomic mass is 10.1. The van der Waals surface area contributed by atoms with E-state index < -0.39 is 0 Å². The molecule has 26 heavy (non-hydrogen) atoms. The number of rotatable bonds is 5. The molecule has 0 aliphatic carbocycles. The fraction of sp³-hybridized carbons (Fsp3) is 0.300. The van der Waals surface area contributed by atoms with Crippen molar-refractivity contribution in [3.8, 4) is 0 Å². The van der Waals surface area contributed by atoms with Crippen molar-refractivity contribution < 1.29 is 4.79 Å². The van der Waals surface area contributed by atoms with E-state index >= 15 is 0 Å². The SMILES string of the molecule is O=C(NCC(c1ccccc1)N1CCCC1)c1cc2cccn2c(=O)[nH]1. The van der Waals surface area contributed by atoms with Crippen LogP contribution in [-0.4, -0.2) is 39.8 Å². The van der Waals surface area contributed by atoms with Gasteiger partial charge in [0.1, 0.15) is 5.69 Å². The Bertz CT molecular complexity index is 955. The minimum atomic E-state index is -0.309. The molecule has 1 aliphatic heterocycles. The Morgan fingerprint density at radius 1 is 1.12 bits per heavy atom. The van der Waals surface area contributed by atoms with Gasteiger partial charge in [-0.05, 0) is 49.7 Å². The van der Waals surface area contributed by atoms with Crippen molar-refractivity contribution >= 4 is 11.4 Å². The van der Waals surface area contributed by atoms with Crippen LogP contribution in [0.25, 0.3) is 5.52 Å². The topological polar surface area (TPSA) is 69.6 Å². The van der Waals surface area contributed by atoms with E-state index in [2.05, 4.69) is 27.3 Å². The van der Waals surface area contributed by atoms with Crippen molar-refractivity contribution in [3.63, 3.8) is 0 Å². The molecule has 1 aromatic carbocycles. The molecule has 1 aliphatic rings. The molecule has 134 valence electrons. The summed E-state index contributed by atoms with van der Waals surface area (Å²) in [4.78, 5) is 29.7. The molecule has 6 nitrogen and oxygen atoms in total. The zero-order chi connectivity index (χ0) is 17.9. The molecule has 1 fully saturated rings. The van der Waals surface area contributed by atoms with Gasteiger partial charge in [0.25, 0.3) is 5.91 Å². The third kappa shape index (κ3) is 3.28. The number of nitrogens with one attached hydrogen (secondary N) is 2. The smallest absolute Gasteiger partial charge is 0.330 e. The van der Waals surface area contributed by atoms with Gasteiger partial charge in [-0.25, -0.2) is 4.79 Å². The number of carbonyl (C=O) groups excluding carboxylic acids is 1. The van der Waals surface area contributed by atoms with Crippen molar-refractivity contribution in [2.75, 3.05) is 19.6 Å². The Balaban J connectivity index is 1.52. The van der Waals surface area contributed by atoms with Crippen LogP contribution in [0.2, 0.25) is 0 Å². The number of fused-ring (bicyclic) bond motifs is 1. The van der Waals surface area contributed by atoms with E-state index in [1.807, 2.05) is 24.3 Å². The Hall–Kier alpha value is -2.86. The van der Waals surface area contributed by atoms with Gasteiger partial charge in [-0.3, -0.25) is 14.1 Å². The molecule has 2 aromatic heterocycles. The fourth-order valence-corrected chi connectivity index (χ4v) is 3.65. The summed E-state index contributed by atoms with van der Waals surface area (Å²) in [6.45, 7) is 2.60. The number of aromatic nitrogens is 2. The lowest BCUT2D eigenvalue weighted by Gasteiger charge is -2.28. The van der Waals surface area contributed by atoms with Crippen LogP contribution in [0.3, 0.4) is 0 Å². The van der Waals surface area contributed by atoms with E-state index in [-0.39, 0.29) is 23.3 Å². The van der Waals surface area contributed by atoms with Crippen molar-refractivity contribution in [1.29, 1.82) is 0 Å². The van der Waals surface area contributed by atoms with E-state index in [1.165, 1.54) is 22.8 Å².